The molecule has 0 aliphatic carbocycles. The van der Waals surface area contributed by atoms with E-state index in [4.69, 9.17) is 0 Å². The minimum Gasteiger partial charge on any atom is -0.266 e. The van der Waals surface area contributed by atoms with Gasteiger partial charge in [-0.2, -0.15) is 0 Å². The van der Waals surface area contributed by atoms with E-state index in [0.717, 1.165) is 26.9 Å². The summed E-state index contributed by atoms with van der Waals surface area (Å²) in [5, 5.41) is 0. The monoisotopic (exact) mass is 416 g/mol. The van der Waals surface area contributed by atoms with Gasteiger partial charge in [-0.15, -0.1) is 0 Å². The first-order chi connectivity index (χ1) is 13.1. The SMILES string of the molecule is Cc1ccc(N2C(=O)/C(=C/c3ccc(Br)cc3)N=C2c2ccccc2)cc1. The number of aryl methyl sites for hydroxylation is 1. The second kappa shape index (κ2) is 7.33. The van der Waals surface area contributed by atoms with Crippen LogP contribution in [-0.4, -0.2) is 11.7 Å². The van der Waals surface area contributed by atoms with E-state index < -0.39 is 0 Å². The zero-order valence-electron chi connectivity index (χ0n) is 14.8. The lowest BCUT2D eigenvalue weighted by molar-refractivity contribution is -0.113. The third-order valence-electron chi connectivity index (χ3n) is 4.36. The number of aliphatic imine (C=N–C) groups is 1. The maximum atomic E-state index is 13.2. The van der Waals surface area contributed by atoms with Crippen LogP contribution < -0.4 is 4.90 Å². The fraction of sp³-hybridized carbons (Fsp3) is 0.0435. The standard InChI is InChI=1S/C23H17BrN2O/c1-16-7-13-20(14-8-16)26-22(18-5-3-2-4-6-18)25-21(23(26)27)15-17-9-11-19(24)12-10-17/h2-15H,1H3/b21-15-. The summed E-state index contributed by atoms with van der Waals surface area (Å²) in [5.41, 5.74) is 4.23. The van der Waals surface area contributed by atoms with E-state index in [1.165, 1.54) is 0 Å². The van der Waals surface area contributed by atoms with Gasteiger partial charge in [-0.3, -0.25) is 9.69 Å². The molecule has 27 heavy (non-hydrogen) atoms. The molecule has 0 unspecified atom stereocenters. The predicted molar refractivity (Wildman–Crippen MR) is 114 cm³/mol. The van der Waals surface area contributed by atoms with Crippen molar-refractivity contribution >= 4 is 39.4 Å². The Hall–Kier alpha value is -2.98. The van der Waals surface area contributed by atoms with Crippen molar-refractivity contribution in [1.82, 2.24) is 0 Å². The molecular weight excluding hydrogens is 400 g/mol. The summed E-state index contributed by atoms with van der Waals surface area (Å²) in [4.78, 5) is 19.5. The fourth-order valence-corrected chi connectivity index (χ4v) is 3.21. The number of hydrogen-bond donors (Lipinski definition) is 0. The molecule has 0 aromatic heterocycles. The Bertz CT molecular complexity index is 1040. The summed E-state index contributed by atoms with van der Waals surface area (Å²) in [5.74, 6) is 0.522. The van der Waals surface area contributed by atoms with Gasteiger partial charge in [-0.1, -0.05) is 76.1 Å². The van der Waals surface area contributed by atoms with Crippen LogP contribution in [0.15, 0.2) is 94.0 Å². The van der Waals surface area contributed by atoms with Crippen LogP contribution in [0.4, 0.5) is 5.69 Å². The van der Waals surface area contributed by atoms with E-state index in [-0.39, 0.29) is 5.91 Å². The van der Waals surface area contributed by atoms with Crippen LogP contribution in [0.5, 0.6) is 0 Å². The highest BCUT2D eigenvalue weighted by Gasteiger charge is 2.32. The highest BCUT2D eigenvalue weighted by molar-refractivity contribution is 9.10. The first kappa shape index (κ1) is 17.4. The zero-order valence-corrected chi connectivity index (χ0v) is 16.3. The summed E-state index contributed by atoms with van der Waals surface area (Å²) < 4.78 is 0.997. The lowest BCUT2D eigenvalue weighted by atomic mass is 10.1. The molecule has 0 bridgehead atoms. The zero-order chi connectivity index (χ0) is 18.8. The van der Waals surface area contributed by atoms with Gasteiger partial charge in [0.2, 0.25) is 0 Å². The van der Waals surface area contributed by atoms with Gasteiger partial charge in [0.05, 0.1) is 5.69 Å². The van der Waals surface area contributed by atoms with Crippen LogP contribution in [0.3, 0.4) is 0 Å². The molecule has 0 saturated carbocycles. The molecule has 3 nitrogen and oxygen atoms in total. The van der Waals surface area contributed by atoms with Crippen LogP contribution in [0.2, 0.25) is 0 Å². The smallest absolute Gasteiger partial charge is 0.266 e. The van der Waals surface area contributed by atoms with E-state index in [9.17, 15) is 4.79 Å². The van der Waals surface area contributed by atoms with E-state index in [1.807, 2.05) is 91.9 Å². The first-order valence-electron chi connectivity index (χ1n) is 8.64. The van der Waals surface area contributed by atoms with E-state index in [1.54, 1.807) is 4.90 Å². The van der Waals surface area contributed by atoms with Crippen molar-refractivity contribution in [2.24, 2.45) is 4.99 Å². The number of carbonyl (C=O) groups is 1. The van der Waals surface area contributed by atoms with Gasteiger partial charge in [-0.05, 0) is 42.8 Å². The normalized spacial score (nSPS) is 15.3. The maximum absolute atomic E-state index is 13.2. The van der Waals surface area contributed by atoms with Crippen molar-refractivity contribution in [3.63, 3.8) is 0 Å². The Labute approximate surface area is 166 Å². The van der Waals surface area contributed by atoms with Gasteiger partial charge in [0.1, 0.15) is 11.5 Å². The van der Waals surface area contributed by atoms with Gasteiger partial charge in [0, 0.05) is 10.0 Å². The minimum absolute atomic E-state index is 0.124. The van der Waals surface area contributed by atoms with Crippen LogP contribution in [-0.2, 0) is 4.79 Å². The Kier molecular flexibility index (Phi) is 4.73. The Morgan fingerprint density at radius 1 is 0.889 bits per heavy atom. The maximum Gasteiger partial charge on any atom is 0.282 e. The van der Waals surface area contributed by atoms with Crippen molar-refractivity contribution in [2.75, 3.05) is 4.90 Å². The lowest BCUT2D eigenvalue weighted by Crippen LogP contribution is -2.32. The number of benzene rings is 3. The van der Waals surface area contributed by atoms with E-state index in [2.05, 4.69) is 20.9 Å². The first-order valence-corrected chi connectivity index (χ1v) is 9.43. The number of rotatable bonds is 3. The van der Waals surface area contributed by atoms with Gasteiger partial charge >= 0.3 is 0 Å². The Morgan fingerprint density at radius 3 is 2.22 bits per heavy atom. The van der Waals surface area contributed by atoms with Gasteiger partial charge < -0.3 is 0 Å². The van der Waals surface area contributed by atoms with Crippen molar-refractivity contribution in [1.29, 1.82) is 0 Å². The molecule has 132 valence electrons. The highest BCUT2D eigenvalue weighted by Crippen LogP contribution is 2.28. The quantitative estimate of drug-likeness (QED) is 0.512. The average Bonchev–Trinajstić information content (AvgIpc) is 3.01. The second-order valence-electron chi connectivity index (χ2n) is 6.36. The number of amides is 1. The van der Waals surface area contributed by atoms with E-state index in [0.29, 0.717) is 11.5 Å². The predicted octanol–water partition coefficient (Wildman–Crippen LogP) is 5.59. The molecule has 0 N–H and O–H groups in total. The molecule has 0 radical (unpaired) electrons. The molecule has 0 atom stereocenters. The molecule has 3 aromatic rings. The molecule has 0 saturated heterocycles. The molecule has 4 heteroatoms. The molecule has 1 amide bonds. The van der Waals surface area contributed by atoms with E-state index >= 15 is 0 Å². The summed E-state index contributed by atoms with van der Waals surface area (Å²) in [6.07, 6.45) is 1.83. The number of amidine groups is 1. The van der Waals surface area contributed by atoms with Crippen LogP contribution in [0, 0.1) is 6.92 Å². The lowest BCUT2D eigenvalue weighted by Gasteiger charge is -2.18. The van der Waals surface area contributed by atoms with Crippen LogP contribution >= 0.6 is 15.9 Å². The van der Waals surface area contributed by atoms with Crippen molar-refractivity contribution < 1.29 is 4.79 Å². The number of halogens is 1. The number of carbonyl (C=O) groups excluding carboxylic acids is 1. The molecular formula is C23H17BrN2O. The summed E-state index contributed by atoms with van der Waals surface area (Å²) in [6.45, 7) is 2.03. The van der Waals surface area contributed by atoms with Crippen LogP contribution in [0.1, 0.15) is 16.7 Å². The summed E-state index contributed by atoms with van der Waals surface area (Å²) in [7, 11) is 0. The molecule has 1 aliphatic heterocycles. The van der Waals surface area contributed by atoms with Gasteiger partial charge in [0.25, 0.3) is 5.91 Å². The Morgan fingerprint density at radius 2 is 1.56 bits per heavy atom. The molecule has 0 fully saturated rings. The molecule has 4 rings (SSSR count). The highest BCUT2D eigenvalue weighted by atomic mass is 79.9. The van der Waals surface area contributed by atoms with Crippen molar-refractivity contribution in [2.45, 2.75) is 6.92 Å². The van der Waals surface area contributed by atoms with Crippen molar-refractivity contribution in [3.05, 3.63) is 106 Å². The van der Waals surface area contributed by atoms with Crippen LogP contribution in [0.25, 0.3) is 6.08 Å². The largest absolute Gasteiger partial charge is 0.282 e. The Balaban J connectivity index is 1.80. The second-order valence-corrected chi connectivity index (χ2v) is 7.27. The molecule has 1 heterocycles. The minimum atomic E-state index is -0.124. The van der Waals surface area contributed by atoms with Crippen molar-refractivity contribution in [3.8, 4) is 0 Å². The third kappa shape index (κ3) is 3.62. The van der Waals surface area contributed by atoms with Gasteiger partial charge in [0.15, 0.2) is 0 Å². The third-order valence-corrected chi connectivity index (χ3v) is 4.89. The average molecular weight is 417 g/mol. The summed E-state index contributed by atoms with van der Waals surface area (Å²) >= 11 is 3.43. The van der Waals surface area contributed by atoms with Gasteiger partial charge in [-0.25, -0.2) is 4.99 Å². The molecule has 0 spiro atoms. The fourth-order valence-electron chi connectivity index (χ4n) is 2.95. The number of anilines is 1. The topological polar surface area (TPSA) is 32.7 Å². The molecule has 3 aromatic carbocycles. The summed E-state index contributed by atoms with van der Waals surface area (Å²) in [6, 6.07) is 25.5. The molecule has 1 aliphatic rings. The number of nitrogens with zero attached hydrogens (tertiary/aromatic N) is 2. The number of hydrogen-bond acceptors (Lipinski definition) is 2.